The van der Waals surface area contributed by atoms with Crippen LogP contribution in [0.3, 0.4) is 0 Å². The number of rotatable bonds is 10. The summed E-state index contributed by atoms with van der Waals surface area (Å²) in [5, 5.41) is 3.67. The van der Waals surface area contributed by atoms with Gasteiger partial charge >= 0.3 is 6.08 Å². The van der Waals surface area contributed by atoms with E-state index in [2.05, 4.69) is 22.0 Å². The van der Waals surface area contributed by atoms with Crippen molar-refractivity contribution in [2.24, 2.45) is 0 Å². The van der Waals surface area contributed by atoms with E-state index in [-0.39, 0.29) is 23.8 Å². The molecule has 0 radical (unpaired) electrons. The van der Waals surface area contributed by atoms with Gasteiger partial charge in [0.05, 0.1) is 18.5 Å². The second-order valence-corrected chi connectivity index (χ2v) is 6.84. The van der Waals surface area contributed by atoms with Crippen LogP contribution < -0.4 is 5.73 Å². The maximum Gasteiger partial charge on any atom is 0.328 e. The normalized spacial score (nSPS) is 25.0. The molecule has 1 fully saturated rings. The summed E-state index contributed by atoms with van der Waals surface area (Å²) >= 11 is 0. The number of halogens is 2. The summed E-state index contributed by atoms with van der Waals surface area (Å²) in [5.74, 6) is -0.123. The van der Waals surface area contributed by atoms with Gasteiger partial charge < -0.3 is 19.9 Å². The molecule has 0 amide bonds. The third-order valence-electron chi connectivity index (χ3n) is 4.70. The lowest BCUT2D eigenvalue weighted by Crippen LogP contribution is -2.34. The lowest BCUT2D eigenvalue weighted by Gasteiger charge is -2.20. The first-order valence-corrected chi connectivity index (χ1v) is 9.72. The maximum absolute atomic E-state index is 15.3. The zero-order valence-corrected chi connectivity index (χ0v) is 16.2. The fourth-order valence-corrected chi connectivity index (χ4v) is 3.18. The Bertz CT molecular complexity index is 775. The van der Waals surface area contributed by atoms with E-state index >= 15 is 4.39 Å². The summed E-state index contributed by atoms with van der Waals surface area (Å²) in [6.07, 6.45) is 0.177. The Morgan fingerprint density at radius 3 is 2.75 bits per heavy atom. The summed E-state index contributed by atoms with van der Waals surface area (Å²) < 4.78 is 47.4. The van der Waals surface area contributed by atoms with Crippen molar-refractivity contribution in [3.8, 4) is 0 Å². The van der Waals surface area contributed by atoms with Gasteiger partial charge in [-0.15, -0.1) is 5.10 Å². The van der Waals surface area contributed by atoms with Crippen molar-refractivity contribution in [2.75, 3.05) is 25.6 Å². The Morgan fingerprint density at radius 1 is 1.25 bits per heavy atom. The van der Waals surface area contributed by atoms with Crippen LogP contribution in [0.5, 0.6) is 0 Å². The van der Waals surface area contributed by atoms with Gasteiger partial charge in [0.15, 0.2) is 17.6 Å². The lowest BCUT2D eigenvalue weighted by molar-refractivity contribution is -0.0673. The van der Waals surface area contributed by atoms with Crippen molar-refractivity contribution in [3.63, 3.8) is 0 Å². The van der Waals surface area contributed by atoms with Gasteiger partial charge in [-0.2, -0.15) is 9.37 Å². The molecule has 3 rings (SSSR count). The van der Waals surface area contributed by atoms with Gasteiger partial charge in [0.2, 0.25) is 0 Å². The molecule has 8 nitrogen and oxygen atoms in total. The van der Waals surface area contributed by atoms with Crippen LogP contribution in [0.2, 0.25) is 0 Å². The zero-order valence-electron chi connectivity index (χ0n) is 16.2. The first-order valence-electron chi connectivity index (χ1n) is 9.72. The molecule has 0 aliphatic carbocycles. The van der Waals surface area contributed by atoms with Gasteiger partial charge in [0, 0.05) is 13.2 Å². The summed E-state index contributed by atoms with van der Waals surface area (Å²) in [7, 11) is 0. The molecule has 0 bridgehead atoms. The first kappa shape index (κ1) is 20.8. The molecule has 0 saturated carbocycles. The first-order chi connectivity index (χ1) is 13.6. The van der Waals surface area contributed by atoms with E-state index in [9.17, 15) is 4.39 Å². The van der Waals surface area contributed by atoms with Crippen LogP contribution in [0.1, 0.15) is 51.3 Å². The number of fused-ring (bicyclic) bond motifs is 1. The molecular weight excluding hydrogens is 372 g/mol. The highest BCUT2D eigenvalue weighted by Gasteiger charge is 2.48. The molecule has 3 heterocycles. The van der Waals surface area contributed by atoms with Gasteiger partial charge in [0.25, 0.3) is 0 Å². The topological polar surface area (TPSA) is 96.8 Å². The van der Waals surface area contributed by atoms with Crippen LogP contribution in [0, 0.1) is 6.08 Å². The monoisotopic (exact) mass is 399 g/mol. The van der Waals surface area contributed by atoms with E-state index < -0.39 is 30.6 Å². The molecular formula is C18H27F2N5O3. The van der Waals surface area contributed by atoms with Crippen LogP contribution in [0.25, 0.3) is 5.65 Å². The quantitative estimate of drug-likeness (QED) is 0.614. The van der Waals surface area contributed by atoms with Crippen molar-refractivity contribution in [2.45, 2.75) is 64.0 Å². The molecule has 2 aromatic heterocycles. The maximum atomic E-state index is 15.3. The predicted octanol–water partition coefficient (Wildman–Crippen LogP) is 2.63. The molecule has 2 N–H and O–H groups in total. The number of nitrogens with zero attached hydrogens (tertiary/aromatic N) is 4. The van der Waals surface area contributed by atoms with Gasteiger partial charge in [-0.1, -0.05) is 26.7 Å². The molecule has 28 heavy (non-hydrogen) atoms. The fraction of sp³-hybridized carbons (Fsp3) is 0.722. The molecule has 1 aliphatic rings. The number of nitrogen functional groups attached to an aromatic ring is 1. The van der Waals surface area contributed by atoms with Gasteiger partial charge in [0.1, 0.15) is 18.3 Å². The highest BCUT2D eigenvalue weighted by molar-refractivity contribution is 5.59. The number of anilines is 1. The number of imidazole rings is 1. The number of aromatic nitrogens is 4. The fourth-order valence-electron chi connectivity index (χ4n) is 3.18. The molecule has 0 aromatic carbocycles. The molecule has 4 atom stereocenters. The van der Waals surface area contributed by atoms with E-state index in [1.54, 1.807) is 0 Å². The van der Waals surface area contributed by atoms with Crippen molar-refractivity contribution in [1.29, 1.82) is 0 Å². The highest BCUT2D eigenvalue weighted by Crippen LogP contribution is 2.38. The minimum atomic E-state index is -1.48. The number of unbranched alkanes of at least 4 members (excludes halogenated alkanes) is 2. The van der Waals surface area contributed by atoms with Crippen molar-refractivity contribution >= 4 is 11.5 Å². The molecule has 10 heteroatoms. The Hall–Kier alpha value is -1.91. The van der Waals surface area contributed by atoms with Crippen molar-refractivity contribution in [1.82, 2.24) is 19.6 Å². The molecule has 0 spiro atoms. The zero-order chi connectivity index (χ0) is 20.1. The average Bonchev–Trinajstić information content (AvgIpc) is 3.21. The molecule has 1 saturated heterocycles. The number of hydrogen-bond acceptors (Lipinski definition) is 7. The number of ether oxygens (including phenoxy) is 3. The van der Waals surface area contributed by atoms with Crippen LogP contribution in [0.4, 0.5) is 14.6 Å². The van der Waals surface area contributed by atoms with Gasteiger partial charge in [-0.25, -0.2) is 13.9 Å². The summed E-state index contributed by atoms with van der Waals surface area (Å²) in [6, 6.07) is 0. The summed E-state index contributed by atoms with van der Waals surface area (Å²) in [4.78, 5) is 7.51. The van der Waals surface area contributed by atoms with E-state index in [1.807, 2.05) is 6.92 Å². The average molecular weight is 399 g/mol. The van der Waals surface area contributed by atoms with Crippen LogP contribution >= 0.6 is 0 Å². The highest BCUT2D eigenvalue weighted by atomic mass is 19.1. The number of nitrogens with two attached hydrogens (primary N) is 1. The minimum absolute atomic E-state index is 0.123. The van der Waals surface area contributed by atoms with Gasteiger partial charge in [-0.3, -0.25) is 0 Å². The van der Waals surface area contributed by atoms with E-state index in [4.69, 9.17) is 19.9 Å². The predicted molar refractivity (Wildman–Crippen MR) is 98.0 cm³/mol. The second-order valence-electron chi connectivity index (χ2n) is 6.84. The van der Waals surface area contributed by atoms with Gasteiger partial charge in [-0.05, 0) is 12.8 Å². The number of alkyl halides is 1. The summed E-state index contributed by atoms with van der Waals surface area (Å²) in [6.45, 7) is 5.32. The largest absolute Gasteiger partial charge is 0.380 e. The lowest BCUT2D eigenvalue weighted by atomic mass is 10.1. The third-order valence-corrected chi connectivity index (χ3v) is 4.70. The Morgan fingerprint density at radius 2 is 2.00 bits per heavy atom. The van der Waals surface area contributed by atoms with E-state index in [1.165, 1.54) is 6.20 Å². The number of hydrogen-bond donors (Lipinski definition) is 1. The van der Waals surface area contributed by atoms with Crippen molar-refractivity contribution in [3.05, 3.63) is 18.0 Å². The summed E-state index contributed by atoms with van der Waals surface area (Å²) in [5.41, 5.74) is 6.09. The molecule has 1 aliphatic heterocycles. The van der Waals surface area contributed by atoms with E-state index in [0.717, 1.165) is 30.2 Å². The molecule has 1 unspecified atom stereocenters. The van der Waals surface area contributed by atoms with Crippen molar-refractivity contribution < 1.29 is 23.0 Å². The van der Waals surface area contributed by atoms with Crippen LogP contribution in [-0.4, -0.2) is 57.8 Å². The molecule has 156 valence electrons. The van der Waals surface area contributed by atoms with Crippen LogP contribution in [0.15, 0.2) is 6.20 Å². The Labute approximate surface area is 162 Å². The third kappa shape index (κ3) is 4.39. The smallest absolute Gasteiger partial charge is 0.328 e. The Balaban J connectivity index is 1.81. The Kier molecular flexibility index (Phi) is 7.08. The SMILES string of the molecule is CCCCOC[C@H]1O[C@@H](c2cnc3c(N)nc(F)nn23)C(F)[C@@H]1OCCCC. The minimum Gasteiger partial charge on any atom is -0.380 e. The second kappa shape index (κ2) is 9.53. The standard InChI is InChI=1S/C18H27F2N5O3/c1-3-5-7-26-10-12-15(27-8-6-4-2)13(19)14(28-12)11-9-22-17-16(21)23-18(20)24-25(11)17/h9,12-15H,3-8,10H2,1-2H3,(H2,21,23,24)/t12-,13?,14+,15-/m1/s1. The molecule has 2 aromatic rings. The van der Waals surface area contributed by atoms with E-state index in [0.29, 0.717) is 13.2 Å². The van der Waals surface area contributed by atoms with Crippen LogP contribution in [-0.2, 0) is 14.2 Å².